The maximum atomic E-state index is 13.6. The third-order valence-corrected chi connectivity index (χ3v) is 5.04. The van der Waals surface area contributed by atoms with Gasteiger partial charge in [-0.05, 0) is 41.0 Å². The minimum absolute atomic E-state index is 0.0155. The van der Waals surface area contributed by atoms with Crippen LogP contribution in [-0.4, -0.2) is 29.9 Å². The second kappa shape index (κ2) is 5.55. The van der Waals surface area contributed by atoms with Gasteiger partial charge in [-0.25, -0.2) is 14.2 Å². The minimum Gasteiger partial charge on any atom is -0.324 e. The summed E-state index contributed by atoms with van der Waals surface area (Å²) in [5.41, 5.74) is 3.37. The van der Waals surface area contributed by atoms with Gasteiger partial charge in [-0.3, -0.25) is 4.79 Å². The number of benzene rings is 1. The van der Waals surface area contributed by atoms with Crippen LogP contribution in [0.3, 0.4) is 0 Å². The van der Waals surface area contributed by atoms with Crippen molar-refractivity contribution in [3.8, 4) is 0 Å². The zero-order valence-corrected chi connectivity index (χ0v) is 14.4. The molecule has 0 bridgehead atoms. The van der Waals surface area contributed by atoms with Gasteiger partial charge in [-0.15, -0.1) is 0 Å². The van der Waals surface area contributed by atoms with Crippen molar-refractivity contribution >= 4 is 11.6 Å². The summed E-state index contributed by atoms with van der Waals surface area (Å²) >= 11 is 0. The summed E-state index contributed by atoms with van der Waals surface area (Å²) < 4.78 is 27.2. The standard InChI is InChI=1S/C18H23F2N3O/c1-11-10-17(2,3)12-6-5-7-13(14(11)12)21-16(24)18(15(19)20)8-9-23(4)22-18/h5-9,11,15,22H,10H2,1-4H3,(H,21,24). The molecule has 1 aromatic carbocycles. The van der Waals surface area contributed by atoms with Crippen LogP contribution in [0.1, 0.15) is 44.2 Å². The summed E-state index contributed by atoms with van der Waals surface area (Å²) in [6, 6.07) is 5.71. The van der Waals surface area contributed by atoms with Crippen molar-refractivity contribution in [1.29, 1.82) is 0 Å². The van der Waals surface area contributed by atoms with Crippen LogP contribution in [0, 0.1) is 0 Å². The molecule has 1 aromatic rings. The number of rotatable bonds is 3. The monoisotopic (exact) mass is 335 g/mol. The lowest BCUT2D eigenvalue weighted by Crippen LogP contribution is -2.58. The third-order valence-electron chi connectivity index (χ3n) is 5.04. The molecule has 1 heterocycles. The quantitative estimate of drug-likeness (QED) is 0.890. The maximum Gasteiger partial charge on any atom is 0.270 e. The second-order valence-corrected chi connectivity index (χ2v) is 7.42. The van der Waals surface area contributed by atoms with Gasteiger partial charge in [-0.2, -0.15) is 0 Å². The highest BCUT2D eigenvalue weighted by molar-refractivity contribution is 6.01. The highest BCUT2D eigenvalue weighted by Crippen LogP contribution is 2.48. The van der Waals surface area contributed by atoms with Crippen LogP contribution < -0.4 is 10.7 Å². The van der Waals surface area contributed by atoms with Gasteiger partial charge < -0.3 is 10.3 Å². The molecule has 0 fully saturated rings. The molecular formula is C18H23F2N3O. The van der Waals surface area contributed by atoms with Crippen LogP contribution in [0.25, 0.3) is 0 Å². The first-order valence-corrected chi connectivity index (χ1v) is 8.10. The second-order valence-electron chi connectivity index (χ2n) is 7.42. The zero-order valence-electron chi connectivity index (χ0n) is 14.4. The van der Waals surface area contributed by atoms with Gasteiger partial charge in [0.25, 0.3) is 12.3 Å². The number of hydrogen-bond donors (Lipinski definition) is 2. The Morgan fingerprint density at radius 1 is 1.42 bits per heavy atom. The van der Waals surface area contributed by atoms with E-state index in [1.165, 1.54) is 22.8 Å². The number of fused-ring (bicyclic) bond motifs is 1. The molecule has 2 N–H and O–H groups in total. The number of anilines is 1. The van der Waals surface area contributed by atoms with E-state index in [1.807, 2.05) is 6.07 Å². The minimum atomic E-state index is -2.86. The number of hydrogen-bond acceptors (Lipinski definition) is 3. The van der Waals surface area contributed by atoms with Gasteiger partial charge >= 0.3 is 0 Å². The fourth-order valence-electron chi connectivity index (χ4n) is 3.94. The number of halogens is 2. The van der Waals surface area contributed by atoms with Gasteiger partial charge in [0.2, 0.25) is 0 Å². The van der Waals surface area contributed by atoms with Gasteiger partial charge in [0, 0.05) is 18.9 Å². The topological polar surface area (TPSA) is 44.4 Å². The Labute approximate surface area is 140 Å². The van der Waals surface area contributed by atoms with Gasteiger partial charge in [-0.1, -0.05) is 32.9 Å². The third kappa shape index (κ3) is 2.49. The molecule has 1 aliphatic carbocycles. The molecule has 130 valence electrons. The number of alkyl halides is 2. The molecule has 6 heteroatoms. The Morgan fingerprint density at radius 2 is 2.12 bits per heavy atom. The smallest absolute Gasteiger partial charge is 0.270 e. The SMILES string of the molecule is CC1CC(C)(C)c2cccc(NC(=O)C3(C(F)F)C=CN(C)N3)c21. The first-order valence-electron chi connectivity index (χ1n) is 8.10. The lowest BCUT2D eigenvalue weighted by molar-refractivity contribution is -0.127. The number of nitrogens with zero attached hydrogens (tertiary/aromatic N) is 1. The van der Waals surface area contributed by atoms with E-state index < -0.39 is 17.9 Å². The van der Waals surface area contributed by atoms with E-state index in [9.17, 15) is 13.6 Å². The molecule has 0 spiro atoms. The maximum absolute atomic E-state index is 13.6. The van der Waals surface area contributed by atoms with E-state index in [0.717, 1.165) is 12.0 Å². The number of nitrogens with one attached hydrogen (secondary N) is 2. The van der Waals surface area contributed by atoms with Crippen LogP contribution in [0.4, 0.5) is 14.5 Å². The molecule has 24 heavy (non-hydrogen) atoms. The number of hydrazine groups is 1. The highest BCUT2D eigenvalue weighted by atomic mass is 19.3. The fourth-order valence-corrected chi connectivity index (χ4v) is 3.94. The molecular weight excluding hydrogens is 312 g/mol. The molecule has 0 radical (unpaired) electrons. The predicted molar refractivity (Wildman–Crippen MR) is 89.9 cm³/mol. The van der Waals surface area contributed by atoms with Crippen molar-refractivity contribution in [2.45, 2.75) is 50.5 Å². The van der Waals surface area contributed by atoms with Crippen LogP contribution >= 0.6 is 0 Å². The Balaban J connectivity index is 1.94. The molecule has 3 rings (SSSR count). The lowest BCUT2D eigenvalue weighted by Gasteiger charge is -2.28. The molecule has 0 aromatic heterocycles. The van der Waals surface area contributed by atoms with E-state index in [2.05, 4.69) is 37.6 Å². The Kier molecular flexibility index (Phi) is 3.91. The summed E-state index contributed by atoms with van der Waals surface area (Å²) in [7, 11) is 1.58. The lowest BCUT2D eigenvalue weighted by atomic mass is 9.86. The average molecular weight is 335 g/mol. The predicted octanol–water partition coefficient (Wildman–Crippen LogP) is 3.38. The highest BCUT2D eigenvalue weighted by Gasteiger charge is 2.49. The summed E-state index contributed by atoms with van der Waals surface area (Å²) in [6.07, 6.45) is 0.760. The van der Waals surface area contributed by atoms with Crippen LogP contribution in [-0.2, 0) is 10.2 Å². The van der Waals surface area contributed by atoms with E-state index in [1.54, 1.807) is 13.1 Å². The van der Waals surface area contributed by atoms with Crippen LogP contribution in [0.15, 0.2) is 30.5 Å². The van der Waals surface area contributed by atoms with Crippen molar-refractivity contribution in [3.63, 3.8) is 0 Å². The summed E-state index contributed by atoms with van der Waals surface area (Å²) in [5, 5.41) is 4.10. The number of carbonyl (C=O) groups is 1. The van der Waals surface area contributed by atoms with Crippen LogP contribution in [0.2, 0.25) is 0 Å². The molecule has 4 nitrogen and oxygen atoms in total. The summed E-state index contributed by atoms with van der Waals surface area (Å²) in [6.45, 7) is 6.43. The van der Waals surface area contributed by atoms with E-state index in [-0.39, 0.29) is 11.3 Å². The zero-order chi connectivity index (χ0) is 17.7. The molecule has 2 unspecified atom stereocenters. The van der Waals surface area contributed by atoms with Gasteiger partial charge in [0.1, 0.15) is 0 Å². The molecule has 1 amide bonds. The summed E-state index contributed by atoms with van der Waals surface area (Å²) in [4.78, 5) is 12.7. The average Bonchev–Trinajstić information content (AvgIpc) is 2.99. The molecule has 0 saturated heterocycles. The largest absolute Gasteiger partial charge is 0.324 e. The molecule has 0 saturated carbocycles. The van der Waals surface area contributed by atoms with E-state index >= 15 is 0 Å². The number of amides is 1. The Hall–Kier alpha value is -1.95. The Bertz CT molecular complexity index is 702. The van der Waals surface area contributed by atoms with Crippen molar-refractivity contribution in [3.05, 3.63) is 41.6 Å². The van der Waals surface area contributed by atoms with Crippen molar-refractivity contribution in [1.82, 2.24) is 10.4 Å². The first kappa shape index (κ1) is 16.9. The first-order chi connectivity index (χ1) is 11.2. The van der Waals surface area contributed by atoms with E-state index in [0.29, 0.717) is 5.69 Å². The van der Waals surface area contributed by atoms with Crippen LogP contribution in [0.5, 0.6) is 0 Å². The van der Waals surface area contributed by atoms with E-state index in [4.69, 9.17) is 0 Å². The van der Waals surface area contributed by atoms with Crippen molar-refractivity contribution in [2.75, 3.05) is 12.4 Å². The molecule has 2 atom stereocenters. The van der Waals surface area contributed by atoms with Crippen molar-refractivity contribution < 1.29 is 13.6 Å². The normalized spacial score (nSPS) is 27.6. The molecule has 1 aliphatic heterocycles. The number of carbonyl (C=O) groups excluding carboxylic acids is 1. The van der Waals surface area contributed by atoms with Gasteiger partial charge in [0.15, 0.2) is 5.54 Å². The summed E-state index contributed by atoms with van der Waals surface area (Å²) in [5.74, 6) is -0.479. The van der Waals surface area contributed by atoms with Crippen molar-refractivity contribution in [2.24, 2.45) is 0 Å². The van der Waals surface area contributed by atoms with Gasteiger partial charge in [0.05, 0.1) is 0 Å². The molecule has 2 aliphatic rings. The fraction of sp³-hybridized carbons (Fsp3) is 0.500. The Morgan fingerprint density at radius 3 is 2.71 bits per heavy atom.